The van der Waals surface area contributed by atoms with Gasteiger partial charge in [-0.15, -0.1) is 5.10 Å². The molecule has 0 saturated carbocycles. The van der Waals surface area contributed by atoms with Gasteiger partial charge in [0.2, 0.25) is 0 Å². The fourth-order valence-electron chi connectivity index (χ4n) is 2.77. The van der Waals surface area contributed by atoms with Crippen LogP contribution in [0.4, 0.5) is 0 Å². The molecule has 2 heterocycles. The maximum absolute atomic E-state index is 9.62. The number of rotatable bonds is 3. The van der Waals surface area contributed by atoms with Crippen molar-refractivity contribution in [2.24, 2.45) is 0 Å². The number of aliphatic hydroxyl groups is 1. The molecule has 23 heavy (non-hydrogen) atoms. The summed E-state index contributed by atoms with van der Waals surface area (Å²) in [5.74, 6) is 0. The Balaban J connectivity index is 2.01. The van der Waals surface area contributed by atoms with Crippen molar-refractivity contribution in [1.82, 2.24) is 20.0 Å². The smallest absolute Gasteiger partial charge is 0.117 e. The number of aliphatic hydroxyl groups excluding tert-OH is 1. The van der Waals surface area contributed by atoms with Gasteiger partial charge in [0.25, 0.3) is 0 Å². The summed E-state index contributed by atoms with van der Waals surface area (Å²) in [6.45, 7) is -0.172. The molecule has 0 amide bonds. The van der Waals surface area contributed by atoms with E-state index in [2.05, 4.69) is 33.5 Å². The Morgan fingerprint density at radius 1 is 0.957 bits per heavy atom. The second-order valence-corrected chi connectivity index (χ2v) is 5.19. The lowest BCUT2D eigenvalue weighted by Crippen LogP contribution is -2.01. The average Bonchev–Trinajstić information content (AvgIpc) is 3.06. The van der Waals surface area contributed by atoms with Crippen LogP contribution in [-0.2, 0) is 6.61 Å². The third-order valence-corrected chi connectivity index (χ3v) is 3.82. The quantitative estimate of drug-likeness (QED) is 0.632. The molecule has 0 aliphatic carbocycles. The van der Waals surface area contributed by atoms with Crippen LogP contribution in [0.25, 0.3) is 27.7 Å². The molecule has 0 radical (unpaired) electrons. The first-order chi connectivity index (χ1) is 11.4. The van der Waals surface area contributed by atoms with Gasteiger partial charge in [0.1, 0.15) is 11.4 Å². The number of benzene rings is 2. The SMILES string of the molecule is OCc1nnn(-c2cccc3ccccc23)c1-c1cccnc1. The number of aromatic nitrogens is 4. The molecule has 4 aromatic rings. The first-order valence-corrected chi connectivity index (χ1v) is 7.32. The van der Waals surface area contributed by atoms with Crippen molar-refractivity contribution in [3.63, 3.8) is 0 Å². The van der Waals surface area contributed by atoms with Crippen LogP contribution < -0.4 is 0 Å². The van der Waals surface area contributed by atoms with Gasteiger partial charge in [0.05, 0.1) is 12.3 Å². The van der Waals surface area contributed by atoms with Gasteiger partial charge in [-0.3, -0.25) is 4.98 Å². The number of hydrogen-bond acceptors (Lipinski definition) is 4. The summed E-state index contributed by atoms with van der Waals surface area (Å²) in [7, 11) is 0. The molecule has 4 rings (SSSR count). The third-order valence-electron chi connectivity index (χ3n) is 3.82. The molecular formula is C18H14N4O. The molecule has 0 spiro atoms. The highest BCUT2D eigenvalue weighted by atomic mass is 16.3. The lowest BCUT2D eigenvalue weighted by molar-refractivity contribution is 0.277. The van der Waals surface area contributed by atoms with Crippen LogP contribution in [0.3, 0.4) is 0 Å². The first kappa shape index (κ1) is 13.6. The Hall–Kier alpha value is -3.05. The zero-order valence-corrected chi connectivity index (χ0v) is 12.3. The van der Waals surface area contributed by atoms with Crippen molar-refractivity contribution in [3.8, 4) is 16.9 Å². The van der Waals surface area contributed by atoms with Crippen LogP contribution in [-0.4, -0.2) is 25.1 Å². The Kier molecular flexibility index (Phi) is 3.33. The molecule has 0 saturated heterocycles. The summed E-state index contributed by atoms with van der Waals surface area (Å²) in [6.07, 6.45) is 3.47. The van der Waals surface area contributed by atoms with Crippen molar-refractivity contribution in [2.75, 3.05) is 0 Å². The molecule has 2 aromatic carbocycles. The molecule has 0 aliphatic heterocycles. The Bertz CT molecular complexity index is 958. The van der Waals surface area contributed by atoms with Crippen LogP contribution in [0.5, 0.6) is 0 Å². The van der Waals surface area contributed by atoms with E-state index in [1.54, 1.807) is 17.1 Å². The van der Waals surface area contributed by atoms with E-state index in [1.165, 1.54) is 0 Å². The van der Waals surface area contributed by atoms with Crippen LogP contribution >= 0.6 is 0 Å². The minimum atomic E-state index is -0.172. The number of hydrogen-bond donors (Lipinski definition) is 1. The van der Waals surface area contributed by atoms with Crippen LogP contribution in [0.1, 0.15) is 5.69 Å². The van der Waals surface area contributed by atoms with Crippen LogP contribution in [0.2, 0.25) is 0 Å². The van der Waals surface area contributed by atoms with E-state index in [0.717, 1.165) is 27.7 Å². The van der Waals surface area contributed by atoms with E-state index in [9.17, 15) is 5.11 Å². The van der Waals surface area contributed by atoms with Crippen molar-refractivity contribution in [1.29, 1.82) is 0 Å². The molecular weight excluding hydrogens is 288 g/mol. The van der Waals surface area contributed by atoms with E-state index < -0.39 is 0 Å². The van der Waals surface area contributed by atoms with Gasteiger partial charge in [-0.2, -0.15) is 0 Å². The summed E-state index contributed by atoms with van der Waals surface area (Å²) < 4.78 is 1.77. The van der Waals surface area contributed by atoms with E-state index in [1.807, 2.05) is 36.4 Å². The van der Waals surface area contributed by atoms with Crippen LogP contribution in [0, 0.1) is 0 Å². The molecule has 1 N–H and O–H groups in total. The standard InChI is InChI=1S/C18H14N4O/c23-12-16-18(14-7-4-10-19-11-14)22(21-20-16)17-9-3-6-13-5-1-2-8-15(13)17/h1-11,23H,12H2. The van der Waals surface area contributed by atoms with Crippen LogP contribution in [0.15, 0.2) is 67.0 Å². The highest BCUT2D eigenvalue weighted by Gasteiger charge is 2.17. The zero-order valence-electron chi connectivity index (χ0n) is 12.3. The fraction of sp³-hybridized carbons (Fsp3) is 0.0556. The molecule has 5 nitrogen and oxygen atoms in total. The Morgan fingerprint density at radius 3 is 2.65 bits per heavy atom. The predicted octanol–water partition coefficient (Wildman–Crippen LogP) is 2.97. The highest BCUT2D eigenvalue weighted by Crippen LogP contribution is 2.28. The minimum absolute atomic E-state index is 0.172. The van der Waals surface area contributed by atoms with Crippen molar-refractivity contribution >= 4 is 10.8 Å². The Labute approximate surface area is 132 Å². The van der Waals surface area contributed by atoms with Gasteiger partial charge in [-0.1, -0.05) is 41.6 Å². The normalized spacial score (nSPS) is 11.0. The van der Waals surface area contributed by atoms with Gasteiger partial charge in [0, 0.05) is 23.3 Å². The topological polar surface area (TPSA) is 63.8 Å². The fourth-order valence-corrected chi connectivity index (χ4v) is 2.77. The highest BCUT2D eigenvalue weighted by molar-refractivity contribution is 5.90. The predicted molar refractivity (Wildman–Crippen MR) is 88.0 cm³/mol. The van der Waals surface area contributed by atoms with Gasteiger partial charge in [-0.05, 0) is 23.6 Å². The molecule has 112 valence electrons. The lowest BCUT2D eigenvalue weighted by Gasteiger charge is -2.10. The molecule has 2 aromatic heterocycles. The monoisotopic (exact) mass is 302 g/mol. The second kappa shape index (κ2) is 5.62. The van der Waals surface area contributed by atoms with Gasteiger partial charge >= 0.3 is 0 Å². The van der Waals surface area contributed by atoms with Gasteiger partial charge in [-0.25, -0.2) is 4.68 Å². The van der Waals surface area contributed by atoms with Gasteiger partial charge in [0.15, 0.2) is 0 Å². The summed E-state index contributed by atoms with van der Waals surface area (Å²) in [5, 5.41) is 20.2. The molecule has 0 bridgehead atoms. The van der Waals surface area contributed by atoms with E-state index in [0.29, 0.717) is 5.69 Å². The second-order valence-electron chi connectivity index (χ2n) is 5.19. The van der Waals surface area contributed by atoms with Crippen molar-refractivity contribution in [2.45, 2.75) is 6.61 Å². The minimum Gasteiger partial charge on any atom is -0.390 e. The molecule has 0 atom stereocenters. The molecule has 5 heteroatoms. The van der Waals surface area contributed by atoms with Crippen molar-refractivity contribution < 1.29 is 5.11 Å². The Morgan fingerprint density at radius 2 is 1.83 bits per heavy atom. The number of fused-ring (bicyclic) bond motifs is 1. The third kappa shape index (κ3) is 2.27. The van der Waals surface area contributed by atoms with E-state index in [-0.39, 0.29) is 6.61 Å². The largest absolute Gasteiger partial charge is 0.390 e. The average molecular weight is 302 g/mol. The van der Waals surface area contributed by atoms with E-state index in [4.69, 9.17) is 0 Å². The summed E-state index contributed by atoms with van der Waals surface area (Å²) >= 11 is 0. The maximum atomic E-state index is 9.62. The van der Waals surface area contributed by atoms with E-state index >= 15 is 0 Å². The molecule has 0 fully saturated rings. The summed E-state index contributed by atoms with van der Waals surface area (Å²) in [6, 6.07) is 18.0. The zero-order chi connectivity index (χ0) is 15.6. The van der Waals surface area contributed by atoms with Crippen molar-refractivity contribution in [3.05, 3.63) is 72.7 Å². The summed E-state index contributed by atoms with van der Waals surface area (Å²) in [5.41, 5.74) is 3.09. The maximum Gasteiger partial charge on any atom is 0.117 e. The molecule has 0 aliphatic rings. The van der Waals surface area contributed by atoms with Gasteiger partial charge < -0.3 is 5.11 Å². The molecule has 0 unspecified atom stereocenters. The number of pyridine rings is 1. The number of nitrogens with zero attached hydrogens (tertiary/aromatic N) is 4. The first-order valence-electron chi connectivity index (χ1n) is 7.32. The summed E-state index contributed by atoms with van der Waals surface area (Å²) in [4.78, 5) is 4.16. The lowest BCUT2D eigenvalue weighted by atomic mass is 10.1.